The molecule has 2 bridgehead atoms. The normalized spacial score (nSPS) is 28.5. The zero-order valence-corrected chi connectivity index (χ0v) is 11.6. The van der Waals surface area contributed by atoms with Crippen molar-refractivity contribution in [1.82, 2.24) is 14.9 Å². The van der Waals surface area contributed by atoms with Crippen LogP contribution in [0, 0.1) is 0 Å². The number of aliphatic hydroxyl groups excluding tert-OH is 1. The van der Waals surface area contributed by atoms with Gasteiger partial charge in [0.1, 0.15) is 11.5 Å². The quantitative estimate of drug-likeness (QED) is 0.862. The lowest BCUT2D eigenvalue weighted by atomic mass is 9.99. The van der Waals surface area contributed by atoms with Crippen LogP contribution in [0.25, 0.3) is 0 Å². The average molecular weight is 276 g/mol. The highest BCUT2D eigenvalue weighted by Crippen LogP contribution is 2.36. The summed E-state index contributed by atoms with van der Waals surface area (Å²) in [5.74, 6) is 0.626. The van der Waals surface area contributed by atoms with Crippen LogP contribution in [0.3, 0.4) is 0 Å². The second-order valence-corrected chi connectivity index (χ2v) is 5.54. The first kappa shape index (κ1) is 13.3. The van der Waals surface area contributed by atoms with Crippen molar-refractivity contribution in [3.63, 3.8) is 0 Å². The molecular weight excluding hydrogens is 256 g/mol. The zero-order chi connectivity index (χ0) is 14.1. The van der Waals surface area contributed by atoms with E-state index >= 15 is 0 Å². The number of fused-ring (bicyclic) bond motifs is 2. The summed E-state index contributed by atoms with van der Waals surface area (Å²) in [5.41, 5.74) is 0.389. The van der Waals surface area contributed by atoms with Gasteiger partial charge in [0.05, 0.1) is 18.5 Å². The molecule has 0 saturated carbocycles. The molecule has 1 aromatic heterocycles. The van der Waals surface area contributed by atoms with E-state index in [2.05, 4.69) is 15.3 Å². The number of hydrogen-bond donors (Lipinski definition) is 2. The monoisotopic (exact) mass is 276 g/mol. The maximum Gasteiger partial charge on any atom is 0.274 e. The molecule has 108 valence electrons. The highest BCUT2D eigenvalue weighted by molar-refractivity contribution is 5.92. The minimum Gasteiger partial charge on any atom is -0.393 e. The molecule has 2 aliphatic heterocycles. The fourth-order valence-corrected chi connectivity index (χ4v) is 3.32. The third-order valence-corrected chi connectivity index (χ3v) is 4.17. The van der Waals surface area contributed by atoms with Gasteiger partial charge in [-0.05, 0) is 32.6 Å². The lowest BCUT2D eigenvalue weighted by Crippen LogP contribution is -2.48. The largest absolute Gasteiger partial charge is 0.393 e. The summed E-state index contributed by atoms with van der Waals surface area (Å²) >= 11 is 0. The molecule has 3 rings (SSSR count). The van der Waals surface area contributed by atoms with Gasteiger partial charge in [0, 0.05) is 18.6 Å². The van der Waals surface area contributed by atoms with Gasteiger partial charge < -0.3 is 15.3 Å². The van der Waals surface area contributed by atoms with Crippen LogP contribution in [-0.4, -0.2) is 50.6 Å². The van der Waals surface area contributed by atoms with Gasteiger partial charge >= 0.3 is 0 Å². The van der Waals surface area contributed by atoms with Crippen molar-refractivity contribution in [1.29, 1.82) is 0 Å². The first-order valence-electron chi connectivity index (χ1n) is 7.25. The number of hydrogen-bond acceptors (Lipinski definition) is 5. The van der Waals surface area contributed by atoms with Crippen molar-refractivity contribution in [3.05, 3.63) is 18.1 Å². The number of nitrogens with zero attached hydrogens (tertiary/aromatic N) is 3. The summed E-state index contributed by atoms with van der Waals surface area (Å²) < 4.78 is 0. The second-order valence-electron chi connectivity index (χ2n) is 5.54. The first-order valence-corrected chi connectivity index (χ1v) is 7.25. The molecule has 6 heteroatoms. The van der Waals surface area contributed by atoms with Gasteiger partial charge in [-0.1, -0.05) is 0 Å². The highest BCUT2D eigenvalue weighted by Gasteiger charge is 2.43. The lowest BCUT2D eigenvalue weighted by Gasteiger charge is -2.36. The Morgan fingerprint density at radius 2 is 2.05 bits per heavy atom. The van der Waals surface area contributed by atoms with E-state index in [1.165, 1.54) is 6.20 Å². The van der Waals surface area contributed by atoms with Gasteiger partial charge in [-0.25, -0.2) is 9.97 Å². The smallest absolute Gasteiger partial charge is 0.274 e. The number of amides is 1. The Morgan fingerprint density at radius 1 is 1.35 bits per heavy atom. The Bertz CT molecular complexity index is 476. The average Bonchev–Trinajstić information content (AvgIpc) is 2.71. The van der Waals surface area contributed by atoms with Crippen molar-refractivity contribution >= 4 is 11.7 Å². The van der Waals surface area contributed by atoms with Gasteiger partial charge in [-0.15, -0.1) is 0 Å². The first-order chi connectivity index (χ1) is 9.69. The van der Waals surface area contributed by atoms with Crippen molar-refractivity contribution in [2.24, 2.45) is 0 Å². The fraction of sp³-hybridized carbons (Fsp3) is 0.643. The number of carbonyl (C=O) groups excluding carboxylic acids is 1. The third-order valence-electron chi connectivity index (χ3n) is 4.17. The van der Waals surface area contributed by atoms with E-state index < -0.39 is 0 Å². The van der Waals surface area contributed by atoms with Crippen LogP contribution in [0.15, 0.2) is 12.4 Å². The number of nitrogens with one attached hydrogen (secondary N) is 1. The van der Waals surface area contributed by atoms with Gasteiger partial charge in [-0.2, -0.15) is 0 Å². The Balaban J connectivity index is 1.76. The molecule has 20 heavy (non-hydrogen) atoms. The van der Waals surface area contributed by atoms with Gasteiger partial charge in [0.15, 0.2) is 0 Å². The highest BCUT2D eigenvalue weighted by atomic mass is 16.3. The van der Waals surface area contributed by atoms with Crippen LogP contribution in [-0.2, 0) is 0 Å². The van der Waals surface area contributed by atoms with E-state index in [0.717, 1.165) is 19.4 Å². The predicted octanol–water partition coefficient (Wildman–Crippen LogP) is 1.04. The van der Waals surface area contributed by atoms with E-state index in [-0.39, 0.29) is 24.1 Å². The summed E-state index contributed by atoms with van der Waals surface area (Å²) in [5, 5.41) is 12.8. The summed E-state index contributed by atoms with van der Waals surface area (Å²) in [4.78, 5) is 22.9. The van der Waals surface area contributed by atoms with Crippen LogP contribution in [0.4, 0.5) is 5.82 Å². The summed E-state index contributed by atoms with van der Waals surface area (Å²) in [6.07, 6.45) is 6.20. The molecule has 2 N–H and O–H groups in total. The van der Waals surface area contributed by atoms with Crippen molar-refractivity contribution in [2.45, 2.75) is 50.8 Å². The Morgan fingerprint density at radius 3 is 2.60 bits per heavy atom. The molecule has 2 fully saturated rings. The van der Waals surface area contributed by atoms with E-state index in [4.69, 9.17) is 0 Å². The Kier molecular flexibility index (Phi) is 3.56. The minimum absolute atomic E-state index is 0.0556. The van der Waals surface area contributed by atoms with E-state index in [1.54, 1.807) is 6.20 Å². The van der Waals surface area contributed by atoms with Crippen LogP contribution in [0.2, 0.25) is 0 Å². The molecule has 0 radical (unpaired) electrons. The second kappa shape index (κ2) is 5.36. The lowest BCUT2D eigenvalue weighted by molar-refractivity contribution is 0.0282. The summed E-state index contributed by atoms with van der Waals surface area (Å²) in [6, 6.07) is 0.318. The van der Waals surface area contributed by atoms with Gasteiger partial charge in [0.25, 0.3) is 5.91 Å². The van der Waals surface area contributed by atoms with Gasteiger partial charge in [-0.3, -0.25) is 4.79 Å². The fourth-order valence-electron chi connectivity index (χ4n) is 3.32. The van der Waals surface area contributed by atoms with Crippen LogP contribution in [0.5, 0.6) is 0 Å². The standard InChI is InChI=1S/C14H20N4O2/c1-2-15-13-8-16-12(7-17-13)14(20)18-9-3-4-10(18)6-11(19)5-9/h7-11,19H,2-6H2,1H3,(H,15,17). The number of piperidine rings is 1. The molecule has 2 unspecified atom stereocenters. The summed E-state index contributed by atoms with van der Waals surface area (Å²) in [7, 11) is 0. The summed E-state index contributed by atoms with van der Waals surface area (Å²) in [6.45, 7) is 2.76. The molecule has 0 aliphatic carbocycles. The third kappa shape index (κ3) is 2.35. The molecule has 2 saturated heterocycles. The molecule has 3 heterocycles. The zero-order valence-electron chi connectivity index (χ0n) is 11.6. The number of aliphatic hydroxyl groups is 1. The Labute approximate surface area is 118 Å². The number of anilines is 1. The Hall–Kier alpha value is -1.69. The van der Waals surface area contributed by atoms with Crippen molar-refractivity contribution in [3.8, 4) is 0 Å². The number of aromatic nitrogens is 2. The van der Waals surface area contributed by atoms with Crippen molar-refractivity contribution in [2.75, 3.05) is 11.9 Å². The number of carbonyl (C=O) groups is 1. The van der Waals surface area contributed by atoms with E-state index in [9.17, 15) is 9.90 Å². The van der Waals surface area contributed by atoms with Crippen LogP contribution >= 0.6 is 0 Å². The molecule has 2 atom stereocenters. The molecule has 2 aliphatic rings. The molecule has 6 nitrogen and oxygen atoms in total. The maximum atomic E-state index is 12.6. The maximum absolute atomic E-state index is 12.6. The minimum atomic E-state index is -0.265. The molecular formula is C14H20N4O2. The predicted molar refractivity (Wildman–Crippen MR) is 74.4 cm³/mol. The SMILES string of the molecule is CCNc1cnc(C(=O)N2C3CCC2CC(O)C3)cn1. The number of rotatable bonds is 3. The molecule has 1 amide bonds. The van der Waals surface area contributed by atoms with Crippen LogP contribution in [0.1, 0.15) is 43.1 Å². The molecule has 0 aromatic carbocycles. The van der Waals surface area contributed by atoms with Gasteiger partial charge in [0.2, 0.25) is 0 Å². The molecule has 0 spiro atoms. The van der Waals surface area contributed by atoms with E-state index in [0.29, 0.717) is 24.4 Å². The van der Waals surface area contributed by atoms with E-state index in [1.807, 2.05) is 11.8 Å². The van der Waals surface area contributed by atoms with Crippen molar-refractivity contribution < 1.29 is 9.90 Å². The molecule has 1 aromatic rings. The topological polar surface area (TPSA) is 78.4 Å². The van der Waals surface area contributed by atoms with Crippen LogP contribution < -0.4 is 5.32 Å².